The lowest BCUT2D eigenvalue weighted by Gasteiger charge is -2.62. The minimum atomic E-state index is -1.49. The number of rotatable bonds is 1. The molecule has 0 unspecified atom stereocenters. The molecule has 0 radical (unpaired) electrons. The van der Waals surface area contributed by atoms with Crippen molar-refractivity contribution in [2.24, 2.45) is 28.6 Å². The van der Waals surface area contributed by atoms with E-state index in [1.807, 2.05) is 13.0 Å². The van der Waals surface area contributed by atoms with Crippen LogP contribution in [0.1, 0.15) is 66.2 Å². The van der Waals surface area contributed by atoms with Gasteiger partial charge in [0.15, 0.2) is 0 Å². The summed E-state index contributed by atoms with van der Waals surface area (Å²) in [5.74, 6) is -0.205. The molecule has 3 heteroatoms. The summed E-state index contributed by atoms with van der Waals surface area (Å²) >= 11 is 7.15. The largest absolute Gasteiger partial charge is 0.247 e. The van der Waals surface area contributed by atoms with Crippen molar-refractivity contribution < 1.29 is 8.78 Å². The van der Waals surface area contributed by atoms with E-state index in [0.29, 0.717) is 18.8 Å². The minimum Gasteiger partial charge on any atom is -0.247 e. The van der Waals surface area contributed by atoms with Gasteiger partial charge in [-0.15, -0.1) is 11.6 Å². The molecule has 0 bridgehead atoms. The van der Waals surface area contributed by atoms with Gasteiger partial charge in [0, 0.05) is 17.8 Å². The highest BCUT2D eigenvalue weighted by Crippen LogP contribution is 2.72. The van der Waals surface area contributed by atoms with Gasteiger partial charge in [0.05, 0.1) is 4.87 Å². The van der Waals surface area contributed by atoms with Crippen LogP contribution in [0.15, 0.2) is 23.8 Å². The van der Waals surface area contributed by atoms with Crippen molar-refractivity contribution in [1.82, 2.24) is 0 Å². The van der Waals surface area contributed by atoms with Crippen molar-refractivity contribution in [2.75, 3.05) is 0 Å². The third-order valence-corrected chi connectivity index (χ3v) is 10.00. The van der Waals surface area contributed by atoms with E-state index in [1.54, 1.807) is 0 Å². The first-order valence-electron chi connectivity index (χ1n) is 10.0. The van der Waals surface area contributed by atoms with Crippen molar-refractivity contribution in [3.63, 3.8) is 0 Å². The standard InChI is InChI=1S/C22H31ClF2/c1-5-21(23)14(2)12-16-18-17(24)13-15-8-6-7-9-19(15,3)22(18,25)11-10-20(16,21)4/h7-9,14,16-18H,5-6,10-13H2,1-4H3/t14-,16+,17-,18-,19+,20+,21-,22-/m1/s1. The predicted molar refractivity (Wildman–Crippen MR) is 100 cm³/mol. The van der Waals surface area contributed by atoms with Crippen LogP contribution in [0.5, 0.6) is 0 Å². The van der Waals surface area contributed by atoms with E-state index in [4.69, 9.17) is 11.6 Å². The number of hydrogen-bond donors (Lipinski definition) is 0. The zero-order chi connectivity index (χ0) is 18.3. The van der Waals surface area contributed by atoms with Gasteiger partial charge in [-0.25, -0.2) is 8.78 Å². The van der Waals surface area contributed by atoms with E-state index in [-0.39, 0.29) is 16.2 Å². The molecule has 0 spiro atoms. The van der Waals surface area contributed by atoms with Crippen LogP contribution < -0.4 is 0 Å². The van der Waals surface area contributed by atoms with Gasteiger partial charge >= 0.3 is 0 Å². The number of hydrogen-bond acceptors (Lipinski definition) is 0. The summed E-state index contributed by atoms with van der Waals surface area (Å²) in [6.45, 7) is 8.54. The molecule has 0 N–H and O–H groups in total. The van der Waals surface area contributed by atoms with Gasteiger partial charge in [-0.3, -0.25) is 0 Å². The summed E-state index contributed by atoms with van der Waals surface area (Å²) in [7, 11) is 0. The second kappa shape index (κ2) is 5.33. The Morgan fingerprint density at radius 3 is 2.68 bits per heavy atom. The Kier molecular flexibility index (Phi) is 3.84. The quantitative estimate of drug-likeness (QED) is 0.353. The number of fused-ring (bicyclic) bond motifs is 5. The SMILES string of the molecule is CC[C@@]1(Cl)[C@H](C)C[C@H]2[C@@H]3[C@H](F)CC4=CCC=C[C@]4(C)[C@@]3(F)CC[C@@]21C. The zero-order valence-electron chi connectivity index (χ0n) is 15.9. The van der Waals surface area contributed by atoms with E-state index in [9.17, 15) is 0 Å². The van der Waals surface area contributed by atoms with Crippen molar-refractivity contribution in [3.8, 4) is 0 Å². The fraction of sp³-hybridized carbons (Fsp3) is 0.818. The van der Waals surface area contributed by atoms with Crippen LogP contribution in [0.4, 0.5) is 8.78 Å². The fourth-order valence-electron chi connectivity index (χ4n) is 7.33. The molecule has 0 aromatic heterocycles. The van der Waals surface area contributed by atoms with Crippen LogP contribution in [0, 0.1) is 28.6 Å². The minimum absolute atomic E-state index is 0.0300. The predicted octanol–water partition coefficient (Wildman–Crippen LogP) is 6.79. The lowest BCUT2D eigenvalue weighted by Crippen LogP contribution is -2.64. The number of allylic oxidation sites excluding steroid dienone is 4. The summed E-state index contributed by atoms with van der Waals surface area (Å²) in [5, 5.41) is 0. The molecule has 0 aromatic carbocycles. The maximum atomic E-state index is 16.7. The van der Waals surface area contributed by atoms with Crippen molar-refractivity contribution in [3.05, 3.63) is 23.8 Å². The summed E-state index contributed by atoms with van der Waals surface area (Å²) in [4.78, 5) is -0.335. The Hall–Kier alpha value is -0.370. The smallest absolute Gasteiger partial charge is 0.129 e. The molecular weight excluding hydrogens is 338 g/mol. The maximum absolute atomic E-state index is 16.7. The molecule has 0 nitrogen and oxygen atoms in total. The first-order valence-corrected chi connectivity index (χ1v) is 10.4. The monoisotopic (exact) mass is 368 g/mol. The first kappa shape index (κ1) is 18.0. The van der Waals surface area contributed by atoms with Gasteiger partial charge in [-0.2, -0.15) is 0 Å². The Morgan fingerprint density at radius 2 is 2.00 bits per heavy atom. The van der Waals surface area contributed by atoms with E-state index < -0.39 is 23.2 Å². The van der Waals surface area contributed by atoms with Gasteiger partial charge in [0.1, 0.15) is 11.8 Å². The highest BCUT2D eigenvalue weighted by Gasteiger charge is 2.72. The van der Waals surface area contributed by atoms with E-state index in [0.717, 1.165) is 31.3 Å². The molecule has 3 fully saturated rings. The Labute approximate surface area is 156 Å². The average molecular weight is 369 g/mol. The van der Waals surface area contributed by atoms with Crippen molar-refractivity contribution in [1.29, 1.82) is 0 Å². The molecule has 0 aliphatic heterocycles. The van der Waals surface area contributed by atoms with Crippen LogP contribution in [-0.4, -0.2) is 16.7 Å². The second-order valence-electron chi connectivity index (χ2n) is 9.55. The highest BCUT2D eigenvalue weighted by molar-refractivity contribution is 6.25. The molecule has 0 saturated heterocycles. The van der Waals surface area contributed by atoms with E-state index in [2.05, 4.69) is 32.9 Å². The maximum Gasteiger partial charge on any atom is 0.129 e. The molecule has 140 valence electrons. The van der Waals surface area contributed by atoms with Gasteiger partial charge < -0.3 is 0 Å². The summed E-state index contributed by atoms with van der Waals surface area (Å²) in [6, 6.07) is 0. The normalized spacial score (nSPS) is 57.5. The molecule has 4 aliphatic rings. The molecule has 25 heavy (non-hydrogen) atoms. The van der Waals surface area contributed by atoms with Crippen LogP contribution in [0.2, 0.25) is 0 Å². The molecular formula is C22H31ClF2. The molecule has 4 aliphatic carbocycles. The second-order valence-corrected chi connectivity index (χ2v) is 10.2. The topological polar surface area (TPSA) is 0 Å². The molecule has 0 aromatic rings. The third kappa shape index (κ3) is 1.93. The molecule has 8 atom stereocenters. The summed E-state index contributed by atoms with van der Waals surface area (Å²) in [6.07, 6.45) is 9.16. The Balaban J connectivity index is 1.83. The Morgan fingerprint density at radius 1 is 1.28 bits per heavy atom. The lowest BCUT2D eigenvalue weighted by atomic mass is 9.45. The van der Waals surface area contributed by atoms with Gasteiger partial charge in [0.2, 0.25) is 0 Å². The van der Waals surface area contributed by atoms with Gasteiger partial charge in [-0.1, -0.05) is 44.6 Å². The first-order chi connectivity index (χ1) is 11.6. The highest BCUT2D eigenvalue weighted by atomic mass is 35.5. The third-order valence-electron chi connectivity index (χ3n) is 8.93. The summed E-state index contributed by atoms with van der Waals surface area (Å²) in [5.41, 5.74) is -1.34. The van der Waals surface area contributed by atoms with Gasteiger partial charge in [-0.05, 0) is 56.3 Å². The van der Waals surface area contributed by atoms with Crippen LogP contribution >= 0.6 is 11.6 Å². The van der Waals surface area contributed by atoms with Gasteiger partial charge in [0.25, 0.3) is 0 Å². The number of alkyl halides is 3. The zero-order valence-corrected chi connectivity index (χ0v) is 16.7. The van der Waals surface area contributed by atoms with E-state index >= 15 is 8.78 Å². The molecule has 4 rings (SSSR count). The molecule has 0 heterocycles. The van der Waals surface area contributed by atoms with Crippen LogP contribution in [-0.2, 0) is 0 Å². The summed E-state index contributed by atoms with van der Waals surface area (Å²) < 4.78 is 32.2. The van der Waals surface area contributed by atoms with Crippen molar-refractivity contribution in [2.45, 2.75) is 82.9 Å². The fourth-order valence-corrected chi connectivity index (χ4v) is 7.65. The molecule has 3 saturated carbocycles. The molecule has 0 amide bonds. The Bertz CT molecular complexity index is 642. The average Bonchev–Trinajstić information content (AvgIpc) is 2.77. The number of halogens is 3. The van der Waals surface area contributed by atoms with Crippen molar-refractivity contribution >= 4 is 11.6 Å². The van der Waals surface area contributed by atoms with Crippen LogP contribution in [0.25, 0.3) is 0 Å². The van der Waals surface area contributed by atoms with Crippen LogP contribution in [0.3, 0.4) is 0 Å². The van der Waals surface area contributed by atoms with E-state index in [1.165, 1.54) is 0 Å². The lowest BCUT2D eigenvalue weighted by molar-refractivity contribution is -0.150.